The Balaban J connectivity index is 2.65. The molecule has 0 aliphatic rings. The molecule has 0 aliphatic heterocycles. The molecule has 0 fully saturated rings. The standard InChI is InChI=1S/C14H18S/c1-10(2)14(3,4)12-7-5-6-11-8-9-15-13(11)12/h5-10H,1-4H3. The van der Waals surface area contributed by atoms with E-state index in [9.17, 15) is 0 Å². The Kier molecular flexibility index (Phi) is 2.59. The predicted octanol–water partition coefficient (Wildman–Crippen LogP) is 4.83. The lowest BCUT2D eigenvalue weighted by molar-refractivity contribution is 0.375. The lowest BCUT2D eigenvalue weighted by Gasteiger charge is -2.30. The van der Waals surface area contributed by atoms with Gasteiger partial charge in [-0.25, -0.2) is 0 Å². The third-order valence-electron chi connectivity index (χ3n) is 3.62. The van der Waals surface area contributed by atoms with E-state index in [1.807, 2.05) is 11.3 Å². The average molecular weight is 218 g/mol. The Morgan fingerprint density at radius 2 is 1.87 bits per heavy atom. The van der Waals surface area contributed by atoms with E-state index in [-0.39, 0.29) is 5.41 Å². The Morgan fingerprint density at radius 1 is 1.13 bits per heavy atom. The van der Waals surface area contributed by atoms with Gasteiger partial charge in [0.05, 0.1) is 0 Å². The number of benzene rings is 1. The van der Waals surface area contributed by atoms with E-state index in [0.717, 1.165) is 0 Å². The van der Waals surface area contributed by atoms with Gasteiger partial charge in [-0.3, -0.25) is 0 Å². The van der Waals surface area contributed by atoms with E-state index in [2.05, 4.69) is 57.3 Å². The number of rotatable bonds is 2. The quantitative estimate of drug-likeness (QED) is 0.677. The van der Waals surface area contributed by atoms with E-state index in [0.29, 0.717) is 5.92 Å². The van der Waals surface area contributed by atoms with Gasteiger partial charge in [0.2, 0.25) is 0 Å². The van der Waals surface area contributed by atoms with Gasteiger partial charge in [0.25, 0.3) is 0 Å². The Morgan fingerprint density at radius 3 is 2.53 bits per heavy atom. The SMILES string of the molecule is CC(C)C(C)(C)c1cccc2ccsc12. The molecule has 0 N–H and O–H groups in total. The van der Waals surface area contributed by atoms with Crippen LogP contribution in [-0.2, 0) is 5.41 Å². The molecule has 1 aromatic heterocycles. The fourth-order valence-electron chi connectivity index (χ4n) is 1.81. The van der Waals surface area contributed by atoms with Crippen molar-refractivity contribution in [2.24, 2.45) is 5.92 Å². The van der Waals surface area contributed by atoms with Crippen LogP contribution < -0.4 is 0 Å². The summed E-state index contributed by atoms with van der Waals surface area (Å²) >= 11 is 1.86. The lowest BCUT2D eigenvalue weighted by atomic mass is 9.75. The highest BCUT2D eigenvalue weighted by Crippen LogP contribution is 2.37. The van der Waals surface area contributed by atoms with E-state index < -0.39 is 0 Å². The van der Waals surface area contributed by atoms with E-state index in [4.69, 9.17) is 0 Å². The van der Waals surface area contributed by atoms with Gasteiger partial charge in [-0.2, -0.15) is 0 Å². The van der Waals surface area contributed by atoms with Crippen molar-refractivity contribution < 1.29 is 0 Å². The summed E-state index contributed by atoms with van der Waals surface area (Å²) < 4.78 is 1.45. The van der Waals surface area contributed by atoms with Crippen LogP contribution in [0.5, 0.6) is 0 Å². The molecule has 0 unspecified atom stereocenters. The molecule has 2 aromatic rings. The summed E-state index contributed by atoms with van der Waals surface area (Å²) in [5, 5.41) is 3.57. The van der Waals surface area contributed by atoms with Gasteiger partial charge in [-0.1, -0.05) is 45.9 Å². The van der Waals surface area contributed by atoms with Crippen molar-refractivity contribution >= 4 is 21.4 Å². The van der Waals surface area contributed by atoms with Crippen LogP contribution in [0.25, 0.3) is 10.1 Å². The molecule has 15 heavy (non-hydrogen) atoms. The van der Waals surface area contributed by atoms with E-state index >= 15 is 0 Å². The van der Waals surface area contributed by atoms with Crippen LogP contribution in [0.15, 0.2) is 29.6 Å². The summed E-state index contributed by atoms with van der Waals surface area (Å²) in [5.41, 5.74) is 1.75. The van der Waals surface area contributed by atoms with Crippen LogP contribution >= 0.6 is 11.3 Å². The number of thiophene rings is 1. The summed E-state index contributed by atoms with van der Waals surface area (Å²) in [7, 11) is 0. The molecule has 1 heteroatoms. The second kappa shape index (κ2) is 3.64. The number of hydrogen-bond acceptors (Lipinski definition) is 1. The molecule has 0 bridgehead atoms. The summed E-state index contributed by atoms with van der Waals surface area (Å²) in [5.74, 6) is 0.658. The zero-order chi connectivity index (χ0) is 11.1. The molecular formula is C14H18S. The van der Waals surface area contributed by atoms with Gasteiger partial charge in [0, 0.05) is 4.70 Å². The summed E-state index contributed by atoms with van der Waals surface area (Å²) in [4.78, 5) is 0. The van der Waals surface area contributed by atoms with Gasteiger partial charge in [0.1, 0.15) is 0 Å². The topological polar surface area (TPSA) is 0 Å². The maximum atomic E-state index is 2.34. The van der Waals surface area contributed by atoms with Gasteiger partial charge in [-0.15, -0.1) is 11.3 Å². The van der Waals surface area contributed by atoms with Crippen LogP contribution in [-0.4, -0.2) is 0 Å². The normalized spacial score (nSPS) is 12.6. The zero-order valence-electron chi connectivity index (χ0n) is 9.87. The average Bonchev–Trinajstić information content (AvgIpc) is 2.64. The fourth-order valence-corrected chi connectivity index (χ4v) is 2.89. The van der Waals surface area contributed by atoms with Gasteiger partial charge < -0.3 is 0 Å². The molecule has 0 amide bonds. The molecular weight excluding hydrogens is 200 g/mol. The molecule has 2 rings (SSSR count). The molecule has 1 aromatic carbocycles. The first-order chi connectivity index (χ1) is 7.03. The van der Waals surface area contributed by atoms with Crippen molar-refractivity contribution in [3.63, 3.8) is 0 Å². The number of fused-ring (bicyclic) bond motifs is 1. The molecule has 0 atom stereocenters. The van der Waals surface area contributed by atoms with Crippen molar-refractivity contribution in [3.8, 4) is 0 Å². The molecule has 0 saturated carbocycles. The highest BCUT2D eigenvalue weighted by atomic mass is 32.1. The largest absolute Gasteiger partial charge is 0.144 e. The van der Waals surface area contributed by atoms with Gasteiger partial charge in [-0.05, 0) is 33.7 Å². The maximum absolute atomic E-state index is 2.34. The van der Waals surface area contributed by atoms with Crippen molar-refractivity contribution in [3.05, 3.63) is 35.2 Å². The minimum atomic E-state index is 0.254. The van der Waals surface area contributed by atoms with Crippen LogP contribution in [0.3, 0.4) is 0 Å². The van der Waals surface area contributed by atoms with Crippen molar-refractivity contribution in [1.82, 2.24) is 0 Å². The second-order valence-electron chi connectivity index (χ2n) is 5.02. The molecule has 80 valence electrons. The minimum Gasteiger partial charge on any atom is -0.144 e. The monoisotopic (exact) mass is 218 g/mol. The number of hydrogen-bond donors (Lipinski definition) is 0. The summed E-state index contributed by atoms with van der Waals surface area (Å²) in [6.45, 7) is 9.27. The maximum Gasteiger partial charge on any atom is 0.0380 e. The van der Waals surface area contributed by atoms with Crippen molar-refractivity contribution in [2.45, 2.75) is 33.1 Å². The predicted molar refractivity (Wildman–Crippen MR) is 69.7 cm³/mol. The minimum absolute atomic E-state index is 0.254. The third kappa shape index (κ3) is 1.69. The highest BCUT2D eigenvalue weighted by Gasteiger charge is 2.26. The van der Waals surface area contributed by atoms with Crippen LogP contribution in [0, 0.1) is 5.92 Å². The molecule has 0 saturated heterocycles. The van der Waals surface area contributed by atoms with Gasteiger partial charge >= 0.3 is 0 Å². The van der Waals surface area contributed by atoms with Crippen LogP contribution in [0.2, 0.25) is 0 Å². The first-order valence-electron chi connectivity index (χ1n) is 5.50. The second-order valence-corrected chi connectivity index (χ2v) is 5.94. The highest BCUT2D eigenvalue weighted by molar-refractivity contribution is 7.17. The van der Waals surface area contributed by atoms with Crippen molar-refractivity contribution in [1.29, 1.82) is 0 Å². The fraction of sp³-hybridized carbons (Fsp3) is 0.429. The smallest absolute Gasteiger partial charge is 0.0380 e. The summed E-state index contributed by atoms with van der Waals surface area (Å²) in [6, 6.07) is 8.86. The molecule has 0 nitrogen and oxygen atoms in total. The molecule has 0 aliphatic carbocycles. The third-order valence-corrected chi connectivity index (χ3v) is 4.58. The Hall–Kier alpha value is -0.820. The van der Waals surface area contributed by atoms with Crippen LogP contribution in [0.1, 0.15) is 33.3 Å². The molecule has 1 heterocycles. The molecule has 0 radical (unpaired) electrons. The van der Waals surface area contributed by atoms with Gasteiger partial charge in [0.15, 0.2) is 0 Å². The first kappa shape index (κ1) is 10.7. The first-order valence-corrected chi connectivity index (χ1v) is 6.38. The zero-order valence-corrected chi connectivity index (χ0v) is 10.7. The van der Waals surface area contributed by atoms with E-state index in [1.165, 1.54) is 15.6 Å². The Labute approximate surface area is 95.9 Å². The lowest BCUT2D eigenvalue weighted by Crippen LogP contribution is -2.24. The van der Waals surface area contributed by atoms with Crippen molar-refractivity contribution in [2.75, 3.05) is 0 Å². The van der Waals surface area contributed by atoms with Crippen LogP contribution in [0.4, 0.5) is 0 Å². The summed E-state index contributed by atoms with van der Waals surface area (Å²) in [6.07, 6.45) is 0. The molecule has 0 spiro atoms. The van der Waals surface area contributed by atoms with E-state index in [1.54, 1.807) is 0 Å². The Bertz CT molecular complexity index is 463.